The molecule has 144 valence electrons. The molecule has 0 saturated heterocycles. The molecule has 0 aliphatic heterocycles. The number of rotatable bonds is 8. The lowest BCUT2D eigenvalue weighted by atomic mass is 10.1. The van der Waals surface area contributed by atoms with Gasteiger partial charge in [0.25, 0.3) is 0 Å². The monoisotopic (exact) mass is 436 g/mol. The molecule has 0 saturated carbocycles. The molecule has 0 heterocycles. The van der Waals surface area contributed by atoms with Gasteiger partial charge in [-0.1, -0.05) is 12.1 Å². The topological polar surface area (TPSA) is 63.2 Å². The third-order valence-corrected chi connectivity index (χ3v) is 4.66. The van der Waals surface area contributed by atoms with Crippen LogP contribution in [0.3, 0.4) is 0 Å². The Bertz CT molecular complexity index is 860. The lowest BCUT2D eigenvalue weighted by Gasteiger charge is -2.15. The van der Waals surface area contributed by atoms with Crippen LogP contribution in [-0.2, 0) is 0 Å². The first-order valence-electron chi connectivity index (χ1n) is 7.93. The van der Waals surface area contributed by atoms with E-state index in [1.54, 1.807) is 38.5 Å². The van der Waals surface area contributed by atoms with Gasteiger partial charge >= 0.3 is 0 Å². The van der Waals surface area contributed by atoms with Crippen LogP contribution in [0, 0.1) is 0 Å². The first-order chi connectivity index (χ1) is 13.0. The Morgan fingerprint density at radius 2 is 1.44 bits per heavy atom. The Labute approximate surface area is 166 Å². The third-order valence-electron chi connectivity index (χ3n) is 3.87. The zero-order valence-electron chi connectivity index (χ0n) is 15.8. The van der Waals surface area contributed by atoms with Crippen LogP contribution in [0.1, 0.15) is 15.9 Å². The van der Waals surface area contributed by atoms with E-state index in [4.69, 9.17) is 23.7 Å². The van der Waals surface area contributed by atoms with E-state index in [1.807, 2.05) is 6.07 Å². The zero-order chi connectivity index (χ0) is 20.0. The summed E-state index contributed by atoms with van der Waals surface area (Å²) in [6.45, 7) is 0. The van der Waals surface area contributed by atoms with Gasteiger partial charge in [0, 0.05) is 5.56 Å². The summed E-state index contributed by atoms with van der Waals surface area (Å²) in [5, 5.41) is 0. The number of benzene rings is 2. The summed E-state index contributed by atoms with van der Waals surface area (Å²) in [7, 11) is 7.63. The van der Waals surface area contributed by atoms with Crippen LogP contribution in [0.15, 0.2) is 34.8 Å². The molecule has 2 aromatic carbocycles. The number of methoxy groups -OCH3 is 5. The van der Waals surface area contributed by atoms with Crippen molar-refractivity contribution < 1.29 is 28.5 Å². The molecule has 0 radical (unpaired) electrons. The molecule has 0 aliphatic carbocycles. The molecule has 0 N–H and O–H groups in total. The maximum atomic E-state index is 12.7. The van der Waals surface area contributed by atoms with E-state index in [-0.39, 0.29) is 5.78 Å². The number of halogens is 1. The van der Waals surface area contributed by atoms with Crippen molar-refractivity contribution in [1.29, 1.82) is 0 Å². The first-order valence-corrected chi connectivity index (χ1v) is 8.72. The minimum atomic E-state index is -0.226. The number of carbonyl (C=O) groups excluding carboxylic acids is 1. The number of hydrogen-bond acceptors (Lipinski definition) is 6. The molecule has 27 heavy (non-hydrogen) atoms. The number of ketones is 1. The Morgan fingerprint density at radius 1 is 0.815 bits per heavy atom. The molecule has 0 spiro atoms. The molecule has 0 amide bonds. The van der Waals surface area contributed by atoms with E-state index in [2.05, 4.69) is 15.9 Å². The van der Waals surface area contributed by atoms with Crippen molar-refractivity contribution in [2.75, 3.05) is 35.5 Å². The smallest absolute Gasteiger partial charge is 0.204 e. The number of hydrogen-bond donors (Lipinski definition) is 0. The molecule has 0 atom stereocenters. The molecule has 0 unspecified atom stereocenters. The third kappa shape index (κ3) is 4.36. The standard InChI is InChI=1S/C20H21BrO6/c1-23-15-9-7-12(10-16(15)24-2)6-8-14(22)13-11-17(25-3)19(26-4)20(27-5)18(13)21/h6-11H,1-5H3/b8-6+. The van der Waals surface area contributed by atoms with E-state index < -0.39 is 0 Å². The Balaban J connectivity index is 2.39. The number of allylic oxidation sites excluding steroid dienone is 1. The van der Waals surface area contributed by atoms with Crippen LogP contribution >= 0.6 is 15.9 Å². The quantitative estimate of drug-likeness (QED) is 0.451. The fourth-order valence-electron chi connectivity index (χ4n) is 2.52. The van der Waals surface area contributed by atoms with Crippen molar-refractivity contribution in [2.45, 2.75) is 0 Å². The highest BCUT2D eigenvalue weighted by molar-refractivity contribution is 9.10. The lowest BCUT2D eigenvalue weighted by molar-refractivity contribution is 0.104. The average molecular weight is 437 g/mol. The highest BCUT2D eigenvalue weighted by atomic mass is 79.9. The van der Waals surface area contributed by atoms with Gasteiger partial charge in [0.15, 0.2) is 28.8 Å². The fourth-order valence-corrected chi connectivity index (χ4v) is 3.17. The largest absolute Gasteiger partial charge is 0.493 e. The Morgan fingerprint density at radius 3 is 2.00 bits per heavy atom. The zero-order valence-corrected chi connectivity index (χ0v) is 17.4. The van der Waals surface area contributed by atoms with E-state index in [1.165, 1.54) is 27.4 Å². The Hall–Kier alpha value is -2.67. The second-order valence-corrected chi connectivity index (χ2v) is 6.11. The molecule has 0 aliphatic rings. The predicted molar refractivity (Wildman–Crippen MR) is 107 cm³/mol. The van der Waals surface area contributed by atoms with Crippen LogP contribution in [0.2, 0.25) is 0 Å². The fraction of sp³-hybridized carbons (Fsp3) is 0.250. The first kappa shape index (κ1) is 20.6. The molecule has 6 nitrogen and oxygen atoms in total. The molecular weight excluding hydrogens is 416 g/mol. The van der Waals surface area contributed by atoms with Crippen LogP contribution < -0.4 is 23.7 Å². The van der Waals surface area contributed by atoms with Gasteiger partial charge in [-0.05, 0) is 45.8 Å². The summed E-state index contributed by atoms with van der Waals surface area (Å²) < 4.78 is 27.0. The van der Waals surface area contributed by atoms with Crippen molar-refractivity contribution in [3.63, 3.8) is 0 Å². The van der Waals surface area contributed by atoms with Gasteiger partial charge in [0.1, 0.15) is 0 Å². The molecule has 2 rings (SSSR count). The second-order valence-electron chi connectivity index (χ2n) is 5.32. The maximum Gasteiger partial charge on any atom is 0.204 e. The van der Waals surface area contributed by atoms with E-state index in [9.17, 15) is 4.79 Å². The summed E-state index contributed by atoms with van der Waals surface area (Å²) in [6, 6.07) is 6.99. The van der Waals surface area contributed by atoms with Crippen LogP contribution in [0.5, 0.6) is 28.7 Å². The minimum Gasteiger partial charge on any atom is -0.493 e. The van der Waals surface area contributed by atoms with E-state index >= 15 is 0 Å². The molecule has 0 bridgehead atoms. The van der Waals surface area contributed by atoms with Gasteiger partial charge in [0.2, 0.25) is 5.75 Å². The van der Waals surface area contributed by atoms with Gasteiger partial charge in [-0.15, -0.1) is 0 Å². The molecular formula is C20H21BrO6. The summed E-state index contributed by atoms with van der Waals surface area (Å²) in [5.74, 6) is 2.18. The number of carbonyl (C=O) groups is 1. The number of ether oxygens (including phenoxy) is 5. The summed E-state index contributed by atoms with van der Waals surface area (Å²) in [6.07, 6.45) is 3.16. The maximum absolute atomic E-state index is 12.7. The van der Waals surface area contributed by atoms with Crippen LogP contribution in [0.25, 0.3) is 6.08 Å². The minimum absolute atomic E-state index is 0.226. The van der Waals surface area contributed by atoms with Gasteiger partial charge in [-0.3, -0.25) is 4.79 Å². The van der Waals surface area contributed by atoms with Crippen molar-refractivity contribution in [1.82, 2.24) is 0 Å². The average Bonchev–Trinajstić information content (AvgIpc) is 2.70. The van der Waals surface area contributed by atoms with Crippen LogP contribution in [0.4, 0.5) is 0 Å². The van der Waals surface area contributed by atoms with Crippen molar-refractivity contribution in [3.8, 4) is 28.7 Å². The highest BCUT2D eigenvalue weighted by Gasteiger charge is 2.21. The Kier molecular flexibility index (Phi) is 7.12. The molecule has 2 aromatic rings. The molecule has 0 aromatic heterocycles. The second kappa shape index (κ2) is 9.32. The van der Waals surface area contributed by atoms with Gasteiger partial charge < -0.3 is 23.7 Å². The van der Waals surface area contributed by atoms with Gasteiger partial charge in [-0.25, -0.2) is 0 Å². The van der Waals surface area contributed by atoms with E-state index in [0.717, 1.165) is 5.56 Å². The normalized spacial score (nSPS) is 10.6. The lowest BCUT2D eigenvalue weighted by Crippen LogP contribution is -2.02. The van der Waals surface area contributed by atoms with Gasteiger partial charge in [-0.2, -0.15) is 0 Å². The SMILES string of the molecule is COc1ccc(/C=C/C(=O)c2cc(OC)c(OC)c(OC)c2Br)cc1OC. The molecule has 7 heteroatoms. The van der Waals surface area contributed by atoms with Gasteiger partial charge in [0.05, 0.1) is 40.0 Å². The van der Waals surface area contributed by atoms with E-state index in [0.29, 0.717) is 38.8 Å². The van der Waals surface area contributed by atoms with Crippen molar-refractivity contribution in [3.05, 3.63) is 45.9 Å². The van der Waals surface area contributed by atoms with Crippen molar-refractivity contribution >= 4 is 27.8 Å². The van der Waals surface area contributed by atoms with Crippen LogP contribution in [-0.4, -0.2) is 41.3 Å². The predicted octanol–water partition coefficient (Wildman–Crippen LogP) is 4.39. The summed E-state index contributed by atoms with van der Waals surface area (Å²) in [5.41, 5.74) is 1.19. The highest BCUT2D eigenvalue weighted by Crippen LogP contribution is 2.45. The summed E-state index contributed by atoms with van der Waals surface area (Å²) >= 11 is 3.41. The van der Waals surface area contributed by atoms with Crippen molar-refractivity contribution in [2.24, 2.45) is 0 Å². The summed E-state index contributed by atoms with van der Waals surface area (Å²) in [4.78, 5) is 12.7. The molecule has 0 fully saturated rings.